The predicted octanol–water partition coefficient (Wildman–Crippen LogP) is 3.54. The van der Waals surface area contributed by atoms with Gasteiger partial charge < -0.3 is 4.74 Å². The van der Waals surface area contributed by atoms with Gasteiger partial charge in [0, 0.05) is 17.7 Å². The number of nitro benzene ring substituents is 1. The molecule has 0 fully saturated rings. The first-order valence-electron chi connectivity index (χ1n) is 7.91. The van der Waals surface area contributed by atoms with E-state index < -0.39 is 10.8 Å². The first-order valence-corrected chi connectivity index (χ1v) is 7.91. The van der Waals surface area contributed by atoms with Crippen molar-refractivity contribution in [2.75, 3.05) is 6.61 Å². The van der Waals surface area contributed by atoms with E-state index in [1.54, 1.807) is 0 Å². The Morgan fingerprint density at radius 2 is 2.04 bits per heavy atom. The lowest BCUT2D eigenvalue weighted by molar-refractivity contribution is -0.384. The average Bonchev–Trinajstić information content (AvgIpc) is 2.62. The molecule has 0 bridgehead atoms. The van der Waals surface area contributed by atoms with Gasteiger partial charge in [0.2, 0.25) is 0 Å². The van der Waals surface area contributed by atoms with Gasteiger partial charge in [0.05, 0.1) is 17.7 Å². The summed E-state index contributed by atoms with van der Waals surface area (Å²) in [5, 5.41) is 14.5. The molecule has 0 aromatic heterocycles. The molecule has 0 heterocycles. The summed E-state index contributed by atoms with van der Waals surface area (Å²) in [5.41, 5.74) is 3.40. The molecule has 0 atom stereocenters. The molecule has 0 saturated heterocycles. The van der Waals surface area contributed by atoms with E-state index in [1.165, 1.54) is 30.5 Å². The van der Waals surface area contributed by atoms with Crippen LogP contribution in [0.15, 0.2) is 53.6 Å². The van der Waals surface area contributed by atoms with Crippen molar-refractivity contribution in [1.82, 2.24) is 5.43 Å². The highest BCUT2D eigenvalue weighted by atomic mass is 16.6. The van der Waals surface area contributed by atoms with E-state index in [4.69, 9.17) is 4.74 Å². The molecule has 2 rings (SSSR count). The number of benzene rings is 2. The maximum absolute atomic E-state index is 11.9. The van der Waals surface area contributed by atoms with Crippen LogP contribution in [0.25, 0.3) is 0 Å². The number of rotatable bonds is 8. The molecule has 0 spiro atoms. The lowest BCUT2D eigenvalue weighted by Gasteiger charge is -2.05. The van der Waals surface area contributed by atoms with Gasteiger partial charge in [0.1, 0.15) is 5.75 Å². The van der Waals surface area contributed by atoms with Gasteiger partial charge in [-0.05, 0) is 36.2 Å². The first-order chi connectivity index (χ1) is 12.1. The van der Waals surface area contributed by atoms with E-state index in [0.717, 1.165) is 24.2 Å². The van der Waals surface area contributed by atoms with Crippen LogP contribution < -0.4 is 10.2 Å². The molecule has 0 unspecified atom stereocenters. The Morgan fingerprint density at radius 3 is 2.72 bits per heavy atom. The van der Waals surface area contributed by atoms with Crippen LogP contribution in [-0.2, 0) is 0 Å². The minimum absolute atomic E-state index is 0.0695. The normalized spacial score (nSPS) is 10.6. The maximum atomic E-state index is 11.9. The second kappa shape index (κ2) is 9.17. The lowest BCUT2D eigenvalue weighted by Crippen LogP contribution is -2.17. The van der Waals surface area contributed by atoms with E-state index in [-0.39, 0.29) is 5.69 Å². The number of nitrogens with one attached hydrogen (secondary N) is 1. The van der Waals surface area contributed by atoms with Gasteiger partial charge in [-0.3, -0.25) is 14.9 Å². The van der Waals surface area contributed by atoms with Gasteiger partial charge in [0.15, 0.2) is 0 Å². The summed E-state index contributed by atoms with van der Waals surface area (Å²) in [6.45, 7) is 2.76. The molecule has 7 heteroatoms. The molecule has 1 amide bonds. The van der Waals surface area contributed by atoms with Gasteiger partial charge in [-0.1, -0.05) is 25.5 Å². The van der Waals surface area contributed by atoms with Crippen LogP contribution in [0.5, 0.6) is 5.75 Å². The molecule has 0 radical (unpaired) electrons. The predicted molar refractivity (Wildman–Crippen MR) is 95.0 cm³/mol. The summed E-state index contributed by atoms with van der Waals surface area (Å²) in [6, 6.07) is 12.7. The number of ether oxygens (including phenoxy) is 1. The molecule has 0 saturated carbocycles. The summed E-state index contributed by atoms with van der Waals surface area (Å²) in [4.78, 5) is 22.0. The number of carbonyl (C=O) groups is 1. The highest BCUT2D eigenvalue weighted by Crippen LogP contribution is 2.13. The quantitative estimate of drug-likeness (QED) is 0.344. The van der Waals surface area contributed by atoms with Crippen LogP contribution in [0, 0.1) is 10.1 Å². The summed E-state index contributed by atoms with van der Waals surface area (Å²) in [5.74, 6) is 0.306. The fourth-order valence-electron chi connectivity index (χ4n) is 1.98. The molecule has 0 aliphatic carbocycles. The van der Waals surface area contributed by atoms with Crippen molar-refractivity contribution in [3.63, 3.8) is 0 Å². The Bertz CT molecular complexity index is 757. The third kappa shape index (κ3) is 5.72. The highest BCUT2D eigenvalue weighted by Gasteiger charge is 2.08. The Hall–Kier alpha value is -3.22. The largest absolute Gasteiger partial charge is 0.494 e. The number of nitro groups is 1. The highest BCUT2D eigenvalue weighted by molar-refractivity contribution is 5.95. The van der Waals surface area contributed by atoms with E-state index in [0.29, 0.717) is 12.2 Å². The zero-order valence-electron chi connectivity index (χ0n) is 13.8. The Balaban J connectivity index is 1.92. The standard InChI is InChI=1S/C18H19N3O4/c1-2-3-11-25-17-6-4-5-14(12-17)13-19-20-18(22)15-7-9-16(10-8-15)21(23)24/h4-10,12-13H,2-3,11H2,1H3,(H,20,22)/b19-13+. The molecular weight excluding hydrogens is 322 g/mol. The van der Waals surface area contributed by atoms with E-state index in [9.17, 15) is 14.9 Å². The molecule has 25 heavy (non-hydrogen) atoms. The molecule has 2 aromatic carbocycles. The molecule has 2 aromatic rings. The summed E-state index contributed by atoms with van der Waals surface area (Å²) < 4.78 is 5.61. The zero-order valence-corrected chi connectivity index (χ0v) is 13.8. The maximum Gasteiger partial charge on any atom is 0.271 e. The van der Waals surface area contributed by atoms with Crippen molar-refractivity contribution in [3.05, 3.63) is 69.8 Å². The summed E-state index contributed by atoms with van der Waals surface area (Å²) in [6.07, 6.45) is 3.56. The zero-order chi connectivity index (χ0) is 18.1. The third-order valence-electron chi connectivity index (χ3n) is 3.34. The molecule has 7 nitrogen and oxygen atoms in total. The van der Waals surface area contributed by atoms with Gasteiger partial charge >= 0.3 is 0 Å². The number of hydrogen-bond acceptors (Lipinski definition) is 5. The van der Waals surface area contributed by atoms with E-state index in [1.807, 2.05) is 24.3 Å². The van der Waals surface area contributed by atoms with Crippen molar-refractivity contribution >= 4 is 17.8 Å². The number of unbranched alkanes of at least 4 members (excludes halogenated alkanes) is 1. The second-order valence-electron chi connectivity index (χ2n) is 5.28. The van der Waals surface area contributed by atoms with E-state index >= 15 is 0 Å². The van der Waals surface area contributed by atoms with Crippen LogP contribution in [0.3, 0.4) is 0 Å². The number of carbonyl (C=O) groups excluding carboxylic acids is 1. The van der Waals surface area contributed by atoms with Gasteiger partial charge in [-0.2, -0.15) is 5.10 Å². The van der Waals surface area contributed by atoms with Crippen molar-refractivity contribution in [2.45, 2.75) is 19.8 Å². The smallest absolute Gasteiger partial charge is 0.271 e. The Morgan fingerprint density at radius 1 is 1.28 bits per heavy atom. The average molecular weight is 341 g/mol. The fraction of sp³-hybridized carbons (Fsp3) is 0.222. The Labute approximate surface area is 145 Å². The first kappa shape index (κ1) is 18.1. The number of hydrogen-bond donors (Lipinski definition) is 1. The van der Waals surface area contributed by atoms with Crippen LogP contribution in [-0.4, -0.2) is 23.7 Å². The number of hydrazone groups is 1. The summed E-state index contributed by atoms with van der Waals surface area (Å²) >= 11 is 0. The van der Waals surface area contributed by atoms with Crippen molar-refractivity contribution < 1.29 is 14.5 Å². The minimum atomic E-state index is -0.518. The van der Waals surface area contributed by atoms with Gasteiger partial charge in [0.25, 0.3) is 11.6 Å². The summed E-state index contributed by atoms with van der Waals surface area (Å²) in [7, 11) is 0. The third-order valence-corrected chi connectivity index (χ3v) is 3.34. The second-order valence-corrected chi connectivity index (χ2v) is 5.28. The number of non-ortho nitro benzene ring substituents is 1. The van der Waals surface area contributed by atoms with Crippen molar-refractivity contribution in [2.24, 2.45) is 5.10 Å². The van der Waals surface area contributed by atoms with Crippen LogP contribution in [0.2, 0.25) is 0 Å². The van der Waals surface area contributed by atoms with Crippen LogP contribution in [0.1, 0.15) is 35.7 Å². The molecular formula is C18H19N3O4. The lowest BCUT2D eigenvalue weighted by atomic mass is 10.2. The van der Waals surface area contributed by atoms with Gasteiger partial charge in [-0.25, -0.2) is 5.43 Å². The number of amides is 1. The fourth-order valence-corrected chi connectivity index (χ4v) is 1.98. The minimum Gasteiger partial charge on any atom is -0.494 e. The van der Waals surface area contributed by atoms with Gasteiger partial charge in [-0.15, -0.1) is 0 Å². The molecule has 0 aliphatic heterocycles. The van der Waals surface area contributed by atoms with Crippen molar-refractivity contribution in [1.29, 1.82) is 0 Å². The van der Waals surface area contributed by atoms with E-state index in [2.05, 4.69) is 17.5 Å². The monoisotopic (exact) mass is 341 g/mol. The van der Waals surface area contributed by atoms with Crippen molar-refractivity contribution in [3.8, 4) is 5.75 Å². The molecule has 0 aliphatic rings. The topological polar surface area (TPSA) is 93.8 Å². The molecule has 130 valence electrons. The van der Waals surface area contributed by atoms with Crippen LogP contribution >= 0.6 is 0 Å². The van der Waals surface area contributed by atoms with Crippen LogP contribution in [0.4, 0.5) is 5.69 Å². The Kier molecular flexibility index (Phi) is 6.65. The molecule has 1 N–H and O–H groups in total. The number of nitrogens with zero attached hydrogens (tertiary/aromatic N) is 2. The SMILES string of the molecule is CCCCOc1cccc(/C=N/NC(=O)c2ccc([N+](=O)[O-])cc2)c1.